The van der Waals surface area contributed by atoms with Gasteiger partial charge in [0, 0.05) is 0 Å². The molecule has 1 saturated heterocycles. The highest BCUT2D eigenvalue weighted by molar-refractivity contribution is 4.87. The van der Waals surface area contributed by atoms with Crippen molar-refractivity contribution in [3.63, 3.8) is 0 Å². The molecule has 24 heavy (non-hydrogen) atoms. The van der Waals surface area contributed by atoms with Crippen LogP contribution < -0.4 is 0 Å². The van der Waals surface area contributed by atoms with Gasteiger partial charge in [0.15, 0.2) is 6.29 Å². The fourth-order valence-corrected chi connectivity index (χ4v) is 2.64. The van der Waals surface area contributed by atoms with Crippen molar-refractivity contribution in [1.82, 2.24) is 0 Å². The second-order valence-corrected chi connectivity index (χ2v) is 6.55. The lowest BCUT2D eigenvalue weighted by molar-refractivity contribution is -0.286. The molecule has 6 nitrogen and oxygen atoms in total. The summed E-state index contributed by atoms with van der Waals surface area (Å²) in [6.45, 7) is 4.03. The van der Waals surface area contributed by atoms with Crippen LogP contribution in [0.5, 0.6) is 0 Å². The zero-order valence-corrected chi connectivity index (χ0v) is 15.3. The predicted octanol–water partition coefficient (Wildman–Crippen LogP) is 1.71. The van der Waals surface area contributed by atoms with E-state index in [1.807, 2.05) is 0 Å². The summed E-state index contributed by atoms with van der Waals surface area (Å²) in [4.78, 5) is 0. The molecule has 1 unspecified atom stereocenters. The van der Waals surface area contributed by atoms with Gasteiger partial charge in [0.2, 0.25) is 0 Å². The van der Waals surface area contributed by atoms with Gasteiger partial charge in [-0.25, -0.2) is 0 Å². The Morgan fingerprint density at radius 2 is 1.04 bits per heavy atom. The molecule has 1 aliphatic heterocycles. The largest absolute Gasteiger partial charge is 0.394 e. The van der Waals surface area contributed by atoms with E-state index < -0.39 is 37.3 Å². The number of hydrogen-bond donors (Lipinski definition) is 5. The summed E-state index contributed by atoms with van der Waals surface area (Å²) in [5.74, 6) is 0. The number of unbranched alkanes of at least 4 members (excludes halogenated alkanes) is 9. The van der Waals surface area contributed by atoms with Crippen LogP contribution in [0.4, 0.5) is 0 Å². The molecule has 0 amide bonds. The van der Waals surface area contributed by atoms with Gasteiger partial charge in [0.05, 0.1) is 6.61 Å². The Hall–Kier alpha value is -0.240. The highest BCUT2D eigenvalue weighted by Crippen LogP contribution is 2.19. The van der Waals surface area contributed by atoms with E-state index in [1.165, 1.54) is 64.2 Å². The molecular weight excluding hydrogens is 312 g/mol. The van der Waals surface area contributed by atoms with Crippen molar-refractivity contribution in [2.45, 2.75) is 109 Å². The highest BCUT2D eigenvalue weighted by atomic mass is 16.6. The van der Waals surface area contributed by atoms with Crippen molar-refractivity contribution in [3.8, 4) is 0 Å². The van der Waals surface area contributed by atoms with Crippen LogP contribution in [-0.4, -0.2) is 62.8 Å². The van der Waals surface area contributed by atoms with Crippen LogP contribution >= 0.6 is 0 Å². The summed E-state index contributed by atoms with van der Waals surface area (Å²) < 4.78 is 4.58. The molecule has 5 atom stereocenters. The fourth-order valence-electron chi connectivity index (χ4n) is 2.64. The Kier molecular flexibility index (Phi) is 14.9. The Labute approximate surface area is 146 Å². The summed E-state index contributed by atoms with van der Waals surface area (Å²) in [6.07, 6.45) is 7.40. The topological polar surface area (TPSA) is 110 Å². The molecule has 146 valence electrons. The number of rotatable bonds is 10. The molecule has 0 aromatic heterocycles. The molecular formula is C18H38O6. The van der Waals surface area contributed by atoms with Gasteiger partial charge in [-0.3, -0.25) is 0 Å². The Bertz CT molecular complexity index is 261. The van der Waals surface area contributed by atoms with Crippen LogP contribution in [-0.2, 0) is 4.74 Å². The minimum absolute atomic E-state index is 0.526. The number of ether oxygens (including phenoxy) is 1. The maximum absolute atomic E-state index is 9.12. The number of aliphatic hydroxyl groups is 5. The fraction of sp³-hybridized carbons (Fsp3) is 1.00. The van der Waals surface area contributed by atoms with Crippen LogP contribution in [0.25, 0.3) is 0 Å². The minimum atomic E-state index is -1.57. The van der Waals surface area contributed by atoms with Gasteiger partial charge in [0.25, 0.3) is 0 Å². The van der Waals surface area contributed by atoms with Crippen LogP contribution in [0.3, 0.4) is 0 Å². The average Bonchev–Trinajstić information content (AvgIpc) is 2.59. The van der Waals surface area contributed by atoms with E-state index in [-0.39, 0.29) is 0 Å². The van der Waals surface area contributed by atoms with E-state index in [2.05, 4.69) is 18.6 Å². The van der Waals surface area contributed by atoms with Gasteiger partial charge in [-0.1, -0.05) is 78.1 Å². The van der Waals surface area contributed by atoms with E-state index in [9.17, 15) is 0 Å². The standard InChI is InChI=1S/C12H26.C6H12O6/c1-3-5-7-9-11-12-10-8-6-4-2;7-1-2-3(8)4(9)5(10)6(11)12-2/h3-12H2,1-2H3;2-11H,1H2/t;2-,3-,4+,5-,6?/m.1/s1. The molecule has 0 saturated carbocycles. The van der Waals surface area contributed by atoms with Crippen LogP contribution in [0, 0.1) is 0 Å². The molecule has 0 radical (unpaired) electrons. The van der Waals surface area contributed by atoms with Crippen molar-refractivity contribution in [3.05, 3.63) is 0 Å². The Morgan fingerprint density at radius 1 is 0.625 bits per heavy atom. The smallest absolute Gasteiger partial charge is 0.184 e. The first-order chi connectivity index (χ1) is 11.5. The van der Waals surface area contributed by atoms with Gasteiger partial charge in [-0.2, -0.15) is 0 Å². The van der Waals surface area contributed by atoms with Crippen molar-refractivity contribution >= 4 is 0 Å². The second kappa shape index (κ2) is 15.0. The number of hydrogen-bond acceptors (Lipinski definition) is 6. The normalized spacial score (nSPS) is 29.9. The first kappa shape index (κ1) is 23.8. The molecule has 0 spiro atoms. The van der Waals surface area contributed by atoms with E-state index in [1.54, 1.807) is 0 Å². The highest BCUT2D eigenvalue weighted by Gasteiger charge is 2.42. The third-order valence-electron chi connectivity index (χ3n) is 4.32. The molecule has 1 aliphatic rings. The molecule has 0 bridgehead atoms. The molecule has 6 heteroatoms. The Morgan fingerprint density at radius 3 is 1.42 bits per heavy atom. The third-order valence-corrected chi connectivity index (χ3v) is 4.32. The molecule has 0 aliphatic carbocycles. The SMILES string of the molecule is CCCCCCCCCCCC.OC[C@H]1OC(O)[C@H](O)[C@@H](O)[C@@H]1O. The zero-order chi connectivity index (χ0) is 18.4. The van der Waals surface area contributed by atoms with Crippen molar-refractivity contribution in [2.75, 3.05) is 6.61 Å². The maximum Gasteiger partial charge on any atom is 0.184 e. The van der Waals surface area contributed by atoms with Crippen molar-refractivity contribution < 1.29 is 30.3 Å². The first-order valence-corrected chi connectivity index (χ1v) is 9.48. The molecule has 5 N–H and O–H groups in total. The van der Waals surface area contributed by atoms with Gasteiger partial charge in [0.1, 0.15) is 24.4 Å². The van der Waals surface area contributed by atoms with Crippen LogP contribution in [0.15, 0.2) is 0 Å². The zero-order valence-electron chi connectivity index (χ0n) is 15.3. The van der Waals surface area contributed by atoms with E-state index in [0.717, 1.165) is 0 Å². The summed E-state index contributed by atoms with van der Waals surface area (Å²) in [5, 5.41) is 44.7. The van der Waals surface area contributed by atoms with E-state index >= 15 is 0 Å². The lowest BCUT2D eigenvalue weighted by Gasteiger charge is -2.37. The summed E-state index contributed by atoms with van der Waals surface area (Å²) in [6, 6.07) is 0. The average molecular weight is 350 g/mol. The minimum Gasteiger partial charge on any atom is -0.394 e. The van der Waals surface area contributed by atoms with Gasteiger partial charge in [-0.05, 0) is 0 Å². The molecule has 1 fully saturated rings. The second-order valence-electron chi connectivity index (χ2n) is 6.55. The quantitative estimate of drug-likeness (QED) is 0.384. The van der Waals surface area contributed by atoms with E-state index in [0.29, 0.717) is 0 Å². The summed E-state index contributed by atoms with van der Waals surface area (Å²) >= 11 is 0. The predicted molar refractivity (Wildman–Crippen MR) is 93.5 cm³/mol. The van der Waals surface area contributed by atoms with Gasteiger partial charge in [-0.15, -0.1) is 0 Å². The molecule has 0 aromatic carbocycles. The monoisotopic (exact) mass is 350 g/mol. The van der Waals surface area contributed by atoms with Crippen LogP contribution in [0.1, 0.15) is 78.1 Å². The lowest BCUT2D eigenvalue weighted by atomic mass is 10.00. The molecule has 1 heterocycles. The first-order valence-electron chi connectivity index (χ1n) is 9.48. The summed E-state index contributed by atoms with van der Waals surface area (Å²) in [7, 11) is 0. The molecule has 0 aromatic rings. The van der Waals surface area contributed by atoms with Gasteiger partial charge >= 0.3 is 0 Å². The maximum atomic E-state index is 9.12. The van der Waals surface area contributed by atoms with Gasteiger partial charge < -0.3 is 30.3 Å². The summed E-state index contributed by atoms with van der Waals surface area (Å²) in [5.41, 5.74) is 0. The lowest BCUT2D eigenvalue weighted by Crippen LogP contribution is -2.58. The third kappa shape index (κ3) is 9.91. The molecule has 1 rings (SSSR count). The Balaban J connectivity index is 0.000000441. The van der Waals surface area contributed by atoms with Crippen molar-refractivity contribution in [2.24, 2.45) is 0 Å². The van der Waals surface area contributed by atoms with E-state index in [4.69, 9.17) is 25.5 Å². The van der Waals surface area contributed by atoms with Crippen LogP contribution in [0.2, 0.25) is 0 Å². The van der Waals surface area contributed by atoms with Crippen molar-refractivity contribution in [1.29, 1.82) is 0 Å². The number of aliphatic hydroxyl groups excluding tert-OH is 5.